The summed E-state index contributed by atoms with van der Waals surface area (Å²) in [4.78, 5) is 15.3. The van der Waals surface area contributed by atoms with Crippen LogP contribution in [0.2, 0.25) is 0 Å². The van der Waals surface area contributed by atoms with Crippen molar-refractivity contribution in [3.8, 4) is 0 Å². The number of hydrogen-bond acceptors (Lipinski definition) is 4. The second-order valence-corrected chi connectivity index (χ2v) is 3.36. The minimum atomic E-state index is -0.166. The number of H-pyrrole nitrogens is 1. The van der Waals surface area contributed by atoms with Crippen LogP contribution in [0.1, 0.15) is 16.2 Å². The first kappa shape index (κ1) is 8.89. The number of carbonyl (C=O) groups excluding carboxylic acids is 1. The lowest BCUT2D eigenvalue weighted by Crippen LogP contribution is -2.23. The highest BCUT2D eigenvalue weighted by Gasteiger charge is 2.06. The van der Waals surface area contributed by atoms with E-state index in [9.17, 15) is 4.79 Å². The van der Waals surface area contributed by atoms with Gasteiger partial charge in [-0.1, -0.05) is 0 Å². The molecule has 0 saturated heterocycles. The van der Waals surface area contributed by atoms with Crippen molar-refractivity contribution in [2.75, 3.05) is 0 Å². The van der Waals surface area contributed by atoms with Crippen molar-refractivity contribution in [1.29, 1.82) is 0 Å². The Morgan fingerprint density at radius 3 is 3.21 bits per heavy atom. The Kier molecular flexibility index (Phi) is 2.55. The molecule has 2 aromatic heterocycles. The molecule has 0 spiro atoms. The summed E-state index contributed by atoms with van der Waals surface area (Å²) in [6.45, 7) is 0.441. The van der Waals surface area contributed by atoms with E-state index in [0.717, 1.165) is 5.69 Å². The lowest BCUT2D eigenvalue weighted by atomic mass is 10.4. The number of nitrogens with one attached hydrogen (secondary N) is 2. The monoisotopic (exact) mass is 208 g/mol. The number of hydrogen-bond donors (Lipinski definition) is 2. The SMILES string of the molecule is O=C(NCc1ccn[nH]1)c1cscn1. The zero-order valence-electron chi connectivity index (χ0n) is 7.23. The predicted molar refractivity (Wildman–Crippen MR) is 51.9 cm³/mol. The quantitative estimate of drug-likeness (QED) is 0.783. The van der Waals surface area contributed by atoms with Gasteiger partial charge in [0.2, 0.25) is 0 Å². The molecule has 0 aliphatic carbocycles. The molecular weight excluding hydrogens is 200 g/mol. The highest BCUT2D eigenvalue weighted by molar-refractivity contribution is 7.07. The zero-order valence-corrected chi connectivity index (χ0v) is 8.04. The summed E-state index contributed by atoms with van der Waals surface area (Å²) in [6, 6.07) is 1.81. The molecule has 0 atom stereocenters. The second kappa shape index (κ2) is 4.01. The van der Waals surface area contributed by atoms with E-state index in [1.54, 1.807) is 23.2 Å². The first-order valence-corrected chi connectivity index (χ1v) is 4.95. The maximum atomic E-state index is 11.4. The van der Waals surface area contributed by atoms with Crippen molar-refractivity contribution >= 4 is 17.2 Å². The van der Waals surface area contributed by atoms with Gasteiger partial charge in [-0.25, -0.2) is 4.98 Å². The van der Waals surface area contributed by atoms with Crippen LogP contribution in [0.25, 0.3) is 0 Å². The first-order valence-electron chi connectivity index (χ1n) is 4.01. The minimum Gasteiger partial charge on any atom is -0.345 e. The molecule has 0 saturated carbocycles. The highest BCUT2D eigenvalue weighted by atomic mass is 32.1. The van der Waals surface area contributed by atoms with Crippen LogP contribution in [0.4, 0.5) is 0 Å². The number of carbonyl (C=O) groups is 1. The van der Waals surface area contributed by atoms with E-state index in [4.69, 9.17) is 0 Å². The van der Waals surface area contributed by atoms with Crippen LogP contribution >= 0.6 is 11.3 Å². The molecule has 0 unspecified atom stereocenters. The van der Waals surface area contributed by atoms with Crippen LogP contribution in [0.3, 0.4) is 0 Å². The Morgan fingerprint density at radius 2 is 2.57 bits per heavy atom. The van der Waals surface area contributed by atoms with Gasteiger partial charge in [0.25, 0.3) is 5.91 Å². The molecule has 0 aromatic carbocycles. The molecule has 2 heterocycles. The third-order valence-corrected chi connectivity index (χ3v) is 2.25. The summed E-state index contributed by atoms with van der Waals surface area (Å²) in [6.07, 6.45) is 1.64. The van der Waals surface area contributed by atoms with Gasteiger partial charge in [0.15, 0.2) is 0 Å². The predicted octanol–water partition coefficient (Wildman–Crippen LogP) is 0.796. The standard InChI is InChI=1S/C8H8N4OS/c13-8(7-4-14-5-10-7)9-3-6-1-2-11-12-6/h1-2,4-5H,3H2,(H,9,13)(H,11,12). The number of nitrogens with zero attached hydrogens (tertiary/aromatic N) is 2. The van der Waals surface area contributed by atoms with Crippen molar-refractivity contribution in [2.45, 2.75) is 6.54 Å². The molecule has 1 amide bonds. The molecule has 2 N–H and O–H groups in total. The number of amides is 1. The van der Waals surface area contributed by atoms with E-state index in [-0.39, 0.29) is 5.91 Å². The van der Waals surface area contributed by atoms with Crippen LogP contribution in [-0.2, 0) is 6.54 Å². The van der Waals surface area contributed by atoms with Gasteiger partial charge in [0, 0.05) is 11.6 Å². The van der Waals surface area contributed by atoms with Crippen molar-refractivity contribution < 1.29 is 4.79 Å². The van der Waals surface area contributed by atoms with Gasteiger partial charge in [-0.2, -0.15) is 5.10 Å². The molecule has 0 fully saturated rings. The van der Waals surface area contributed by atoms with Crippen LogP contribution in [-0.4, -0.2) is 21.1 Å². The largest absolute Gasteiger partial charge is 0.345 e. The number of aromatic amines is 1. The Balaban J connectivity index is 1.90. The van der Waals surface area contributed by atoms with Gasteiger partial charge in [0.1, 0.15) is 5.69 Å². The maximum Gasteiger partial charge on any atom is 0.271 e. The van der Waals surface area contributed by atoms with Crippen LogP contribution in [0.15, 0.2) is 23.2 Å². The molecule has 0 bridgehead atoms. The second-order valence-electron chi connectivity index (χ2n) is 2.64. The summed E-state index contributed by atoms with van der Waals surface area (Å²) < 4.78 is 0. The summed E-state index contributed by atoms with van der Waals surface area (Å²) in [5.41, 5.74) is 2.95. The van der Waals surface area contributed by atoms with E-state index in [1.165, 1.54) is 11.3 Å². The number of rotatable bonds is 3. The summed E-state index contributed by atoms with van der Waals surface area (Å²) in [5.74, 6) is -0.166. The van der Waals surface area contributed by atoms with Gasteiger partial charge in [0.05, 0.1) is 17.7 Å². The summed E-state index contributed by atoms with van der Waals surface area (Å²) in [5, 5.41) is 11.0. The molecule has 2 aromatic rings. The topological polar surface area (TPSA) is 70.7 Å². The van der Waals surface area contributed by atoms with E-state index in [1.807, 2.05) is 0 Å². The Bertz CT molecular complexity index is 395. The van der Waals surface area contributed by atoms with Crippen molar-refractivity contribution in [3.05, 3.63) is 34.5 Å². The molecule has 0 aliphatic heterocycles. The molecule has 6 heteroatoms. The van der Waals surface area contributed by atoms with Crippen LogP contribution in [0, 0.1) is 0 Å². The lowest BCUT2D eigenvalue weighted by molar-refractivity contribution is 0.0946. The van der Waals surface area contributed by atoms with Gasteiger partial charge in [-0.05, 0) is 6.07 Å². The summed E-state index contributed by atoms with van der Waals surface area (Å²) in [7, 11) is 0. The van der Waals surface area contributed by atoms with Crippen molar-refractivity contribution in [1.82, 2.24) is 20.5 Å². The van der Waals surface area contributed by atoms with Gasteiger partial charge < -0.3 is 5.32 Å². The smallest absolute Gasteiger partial charge is 0.271 e. The maximum absolute atomic E-state index is 11.4. The normalized spacial score (nSPS) is 10.0. The Hall–Kier alpha value is -1.69. The van der Waals surface area contributed by atoms with E-state index in [2.05, 4.69) is 20.5 Å². The molecule has 0 radical (unpaired) electrons. The third-order valence-electron chi connectivity index (χ3n) is 1.66. The van der Waals surface area contributed by atoms with E-state index in [0.29, 0.717) is 12.2 Å². The first-order chi connectivity index (χ1) is 6.86. The molecular formula is C8H8N4OS. The van der Waals surface area contributed by atoms with Gasteiger partial charge >= 0.3 is 0 Å². The average Bonchev–Trinajstić information content (AvgIpc) is 2.87. The average molecular weight is 208 g/mol. The zero-order chi connectivity index (χ0) is 9.80. The third kappa shape index (κ3) is 1.97. The number of thiazole rings is 1. The van der Waals surface area contributed by atoms with Crippen LogP contribution < -0.4 is 5.32 Å². The fourth-order valence-corrected chi connectivity index (χ4v) is 1.51. The van der Waals surface area contributed by atoms with Crippen molar-refractivity contribution in [2.24, 2.45) is 0 Å². The molecule has 72 valence electrons. The fourth-order valence-electron chi connectivity index (χ4n) is 0.974. The minimum absolute atomic E-state index is 0.166. The van der Waals surface area contributed by atoms with Gasteiger partial charge in [-0.15, -0.1) is 11.3 Å². The van der Waals surface area contributed by atoms with Crippen LogP contribution in [0.5, 0.6) is 0 Å². The van der Waals surface area contributed by atoms with E-state index >= 15 is 0 Å². The Morgan fingerprint density at radius 1 is 1.64 bits per heavy atom. The fraction of sp³-hybridized carbons (Fsp3) is 0.125. The lowest BCUT2D eigenvalue weighted by Gasteiger charge is -1.99. The van der Waals surface area contributed by atoms with Crippen molar-refractivity contribution in [3.63, 3.8) is 0 Å². The van der Waals surface area contributed by atoms with Gasteiger partial charge in [-0.3, -0.25) is 9.89 Å². The molecule has 14 heavy (non-hydrogen) atoms. The molecule has 0 aliphatic rings. The summed E-state index contributed by atoms with van der Waals surface area (Å²) >= 11 is 1.40. The molecule has 5 nitrogen and oxygen atoms in total. The molecule has 2 rings (SSSR count). The highest BCUT2D eigenvalue weighted by Crippen LogP contribution is 2.00. The number of aromatic nitrogens is 3. The van der Waals surface area contributed by atoms with E-state index < -0.39 is 0 Å². The Labute approximate surface area is 84.2 Å².